The Labute approximate surface area is 209 Å². The fourth-order valence-electron chi connectivity index (χ4n) is 4.75. The van der Waals surface area contributed by atoms with E-state index in [0.717, 1.165) is 16.7 Å². The number of hydrogen-bond acceptors (Lipinski definition) is 3. The minimum absolute atomic E-state index is 0.0501. The molecule has 1 saturated carbocycles. The van der Waals surface area contributed by atoms with Gasteiger partial charge in [-0.25, -0.2) is 9.48 Å². The first-order valence-corrected chi connectivity index (χ1v) is 12.0. The second-order valence-corrected chi connectivity index (χ2v) is 9.78. The molecular weight excluding hydrogens is 500 g/mol. The van der Waals surface area contributed by atoms with Crippen LogP contribution in [0, 0.1) is 11.8 Å². The van der Waals surface area contributed by atoms with Gasteiger partial charge >= 0.3 is 11.9 Å². The highest BCUT2D eigenvalue weighted by Gasteiger charge is 2.41. The Morgan fingerprint density at radius 3 is 2.03 bits per heavy atom. The van der Waals surface area contributed by atoms with E-state index in [1.165, 1.54) is 9.20 Å². The average molecular weight is 521 g/mol. The van der Waals surface area contributed by atoms with Gasteiger partial charge in [0.25, 0.3) is 0 Å². The molecule has 0 bridgehead atoms. The van der Waals surface area contributed by atoms with Gasteiger partial charge in [-0.3, -0.25) is 0 Å². The molecule has 1 aliphatic carbocycles. The predicted octanol–water partition coefficient (Wildman–Crippen LogP) is 6.90. The van der Waals surface area contributed by atoms with Gasteiger partial charge in [0.05, 0.1) is 12.1 Å². The molecule has 4 aromatic rings. The van der Waals surface area contributed by atoms with Crippen molar-refractivity contribution < 1.29 is 13.2 Å². The molecule has 5 nitrogen and oxygen atoms in total. The summed E-state index contributed by atoms with van der Waals surface area (Å²) in [6.45, 7) is 0.253. The van der Waals surface area contributed by atoms with Crippen LogP contribution in [-0.2, 0) is 6.54 Å². The van der Waals surface area contributed by atoms with Crippen LogP contribution in [-0.4, -0.2) is 25.6 Å². The van der Waals surface area contributed by atoms with E-state index in [-0.39, 0.29) is 25.3 Å². The molecule has 35 heavy (non-hydrogen) atoms. The highest BCUT2D eigenvalue weighted by atomic mass is 35.5. The number of halogens is 5. The minimum atomic E-state index is -4.17. The number of benzene rings is 2. The molecule has 2 aromatic heterocycles. The van der Waals surface area contributed by atoms with Crippen LogP contribution in [0.25, 0.3) is 27.9 Å². The van der Waals surface area contributed by atoms with Crippen LogP contribution in [0.5, 0.6) is 0 Å². The van der Waals surface area contributed by atoms with Gasteiger partial charge in [-0.15, -0.1) is 5.10 Å². The Hall–Kier alpha value is -2.84. The van der Waals surface area contributed by atoms with E-state index in [1.807, 2.05) is 24.3 Å². The van der Waals surface area contributed by atoms with E-state index in [2.05, 4.69) is 10.2 Å². The monoisotopic (exact) mass is 520 g/mol. The number of aromatic nitrogens is 4. The van der Waals surface area contributed by atoms with Crippen molar-refractivity contribution in [1.29, 1.82) is 0 Å². The molecule has 0 unspecified atom stereocenters. The van der Waals surface area contributed by atoms with Gasteiger partial charge < -0.3 is 0 Å². The SMILES string of the molecule is O=c1n(CC2CCC(C(F)(F)F)CC2)nc2c(-c3ccc(Cl)cc3)c(-c3ccc(Cl)cc3)cnn12. The van der Waals surface area contributed by atoms with E-state index >= 15 is 0 Å². The smallest absolute Gasteiger partial charge is 0.244 e. The molecule has 2 aromatic carbocycles. The van der Waals surface area contributed by atoms with E-state index < -0.39 is 17.8 Å². The Balaban J connectivity index is 1.56. The van der Waals surface area contributed by atoms with Crippen molar-refractivity contribution in [2.75, 3.05) is 0 Å². The average Bonchev–Trinajstić information content (AvgIpc) is 3.14. The predicted molar refractivity (Wildman–Crippen MR) is 130 cm³/mol. The second-order valence-electron chi connectivity index (χ2n) is 8.91. The van der Waals surface area contributed by atoms with E-state index in [1.54, 1.807) is 30.5 Å². The molecule has 10 heteroatoms. The van der Waals surface area contributed by atoms with Gasteiger partial charge in [0, 0.05) is 27.7 Å². The lowest BCUT2D eigenvalue weighted by atomic mass is 9.81. The molecule has 0 radical (unpaired) electrons. The van der Waals surface area contributed by atoms with Crippen molar-refractivity contribution in [3.63, 3.8) is 0 Å². The summed E-state index contributed by atoms with van der Waals surface area (Å²) in [5, 5.41) is 10.1. The number of nitrogens with zero attached hydrogens (tertiary/aromatic N) is 4. The highest BCUT2D eigenvalue weighted by Crippen LogP contribution is 2.40. The number of fused-ring (bicyclic) bond motifs is 1. The molecule has 0 amide bonds. The first kappa shape index (κ1) is 23.9. The van der Waals surface area contributed by atoms with Gasteiger partial charge in [0.2, 0.25) is 0 Å². The maximum absolute atomic E-state index is 13.1. The Kier molecular flexibility index (Phi) is 6.36. The van der Waals surface area contributed by atoms with E-state index in [9.17, 15) is 18.0 Å². The summed E-state index contributed by atoms with van der Waals surface area (Å²) in [7, 11) is 0. The largest absolute Gasteiger partial charge is 0.391 e. The van der Waals surface area contributed by atoms with Crippen molar-refractivity contribution in [2.24, 2.45) is 11.8 Å². The summed E-state index contributed by atoms with van der Waals surface area (Å²) in [4.78, 5) is 13.1. The normalized spacial score (nSPS) is 18.8. The third-order valence-corrected chi connectivity index (χ3v) is 7.15. The Bertz CT molecular complexity index is 1400. The molecule has 2 heterocycles. The lowest BCUT2D eigenvalue weighted by Crippen LogP contribution is -2.31. The summed E-state index contributed by atoms with van der Waals surface area (Å²) in [5.74, 6) is -1.32. The zero-order valence-corrected chi connectivity index (χ0v) is 20.0. The van der Waals surface area contributed by atoms with Gasteiger partial charge in [-0.2, -0.15) is 22.8 Å². The molecule has 0 aliphatic heterocycles. The molecular formula is C25H21Cl2F3N4O. The van der Waals surface area contributed by atoms with Gasteiger partial charge in [0.15, 0.2) is 5.65 Å². The van der Waals surface area contributed by atoms with E-state index in [4.69, 9.17) is 23.2 Å². The Morgan fingerprint density at radius 2 is 1.46 bits per heavy atom. The fraction of sp³-hybridized carbons (Fsp3) is 0.320. The summed E-state index contributed by atoms with van der Waals surface area (Å²) < 4.78 is 41.7. The zero-order chi connectivity index (χ0) is 24.7. The quantitative estimate of drug-likeness (QED) is 0.294. The van der Waals surface area contributed by atoms with Crippen LogP contribution in [0.15, 0.2) is 59.5 Å². The first-order chi connectivity index (χ1) is 16.7. The number of hydrogen-bond donors (Lipinski definition) is 0. The lowest BCUT2D eigenvalue weighted by molar-refractivity contribution is -0.184. The van der Waals surface area contributed by atoms with Crippen molar-refractivity contribution in [3.05, 3.63) is 75.3 Å². The van der Waals surface area contributed by atoms with Crippen molar-refractivity contribution in [1.82, 2.24) is 19.4 Å². The Morgan fingerprint density at radius 1 is 0.886 bits per heavy atom. The van der Waals surface area contributed by atoms with Crippen molar-refractivity contribution in [3.8, 4) is 22.3 Å². The maximum Gasteiger partial charge on any atom is 0.391 e. The van der Waals surface area contributed by atoms with Crippen LogP contribution in [0.1, 0.15) is 25.7 Å². The molecule has 1 fully saturated rings. The number of rotatable bonds is 4. The van der Waals surface area contributed by atoms with Crippen LogP contribution in [0.4, 0.5) is 13.2 Å². The van der Waals surface area contributed by atoms with Crippen LogP contribution < -0.4 is 5.69 Å². The third-order valence-electron chi connectivity index (χ3n) is 6.64. The lowest BCUT2D eigenvalue weighted by Gasteiger charge is -2.29. The summed E-state index contributed by atoms with van der Waals surface area (Å²) in [6, 6.07) is 14.5. The molecule has 1 aliphatic rings. The third kappa shape index (κ3) is 4.82. The first-order valence-electron chi connectivity index (χ1n) is 11.3. The van der Waals surface area contributed by atoms with Gasteiger partial charge in [0.1, 0.15) is 0 Å². The van der Waals surface area contributed by atoms with Crippen LogP contribution >= 0.6 is 23.2 Å². The molecule has 5 rings (SSSR count). The highest BCUT2D eigenvalue weighted by molar-refractivity contribution is 6.31. The van der Waals surface area contributed by atoms with Gasteiger partial charge in [-0.1, -0.05) is 47.5 Å². The van der Waals surface area contributed by atoms with Crippen LogP contribution in [0.3, 0.4) is 0 Å². The molecule has 0 N–H and O–H groups in total. The maximum atomic E-state index is 13.1. The standard InChI is InChI=1S/C25H21Cl2F3N4O/c26-19-9-3-16(4-10-19)21-13-31-34-23(22(21)17-5-11-20(27)12-6-17)32-33(24(34)35)14-15-1-7-18(8-2-15)25(28,29)30/h3-6,9-13,15,18H,1-2,7-8,14H2. The molecule has 0 saturated heterocycles. The zero-order valence-electron chi connectivity index (χ0n) is 18.5. The summed E-state index contributed by atoms with van der Waals surface area (Å²) >= 11 is 12.2. The van der Waals surface area contributed by atoms with E-state index in [0.29, 0.717) is 34.1 Å². The van der Waals surface area contributed by atoms with Crippen LogP contribution in [0.2, 0.25) is 10.0 Å². The summed E-state index contributed by atoms with van der Waals surface area (Å²) in [5.41, 5.74) is 3.07. The van der Waals surface area contributed by atoms with Gasteiger partial charge in [-0.05, 0) is 67.0 Å². The summed E-state index contributed by atoms with van der Waals surface area (Å²) in [6.07, 6.45) is -1.60. The molecule has 0 spiro atoms. The topological polar surface area (TPSA) is 52.2 Å². The molecule has 182 valence electrons. The van der Waals surface area contributed by atoms with Crippen molar-refractivity contribution in [2.45, 2.75) is 38.4 Å². The number of alkyl halides is 3. The van der Waals surface area contributed by atoms with Crippen molar-refractivity contribution >= 4 is 28.8 Å². The second kappa shape index (κ2) is 9.32. The minimum Gasteiger partial charge on any atom is -0.244 e. The molecule has 0 atom stereocenters. The fourth-order valence-corrected chi connectivity index (χ4v) is 5.00.